The second-order valence-electron chi connectivity index (χ2n) is 5.82. The summed E-state index contributed by atoms with van der Waals surface area (Å²) in [7, 11) is 0. The average molecular weight is 300 g/mol. The lowest BCUT2D eigenvalue weighted by atomic mass is 10.1. The zero-order valence-electron chi connectivity index (χ0n) is 13.5. The normalized spacial score (nSPS) is 16.4. The maximum absolute atomic E-state index is 12.6. The number of ketones is 1. The molecule has 0 atom stereocenters. The van der Waals surface area contributed by atoms with Gasteiger partial charge in [0.2, 0.25) is 0 Å². The summed E-state index contributed by atoms with van der Waals surface area (Å²) >= 11 is 0. The van der Waals surface area contributed by atoms with Crippen LogP contribution in [0.1, 0.15) is 21.7 Å². The Morgan fingerprint density at radius 2 is 1.95 bits per heavy atom. The monoisotopic (exact) mass is 300 g/mol. The van der Waals surface area contributed by atoms with Gasteiger partial charge in [-0.3, -0.25) is 14.6 Å². The number of nitriles is 1. The molecule has 0 aromatic carbocycles. The minimum atomic E-state index is 0.178. The van der Waals surface area contributed by atoms with Crippen LogP contribution < -0.4 is 0 Å². The molecule has 0 bridgehead atoms. The highest BCUT2D eigenvalue weighted by Crippen LogP contribution is 2.16. The zero-order valence-corrected chi connectivity index (χ0v) is 13.5. The highest BCUT2D eigenvalue weighted by Gasteiger charge is 2.21. The number of carbonyl (C=O) groups excluding carboxylic acids is 1. The van der Waals surface area contributed by atoms with E-state index in [0.29, 0.717) is 13.1 Å². The molecule has 22 heavy (non-hydrogen) atoms. The van der Waals surface area contributed by atoms with E-state index in [2.05, 4.69) is 27.0 Å². The van der Waals surface area contributed by atoms with Gasteiger partial charge >= 0.3 is 0 Å². The van der Waals surface area contributed by atoms with E-state index in [4.69, 9.17) is 5.26 Å². The first kappa shape index (κ1) is 16.5. The lowest BCUT2D eigenvalue weighted by Gasteiger charge is -2.32. The molecule has 5 heteroatoms. The summed E-state index contributed by atoms with van der Waals surface area (Å²) in [6.45, 7) is 12.9. The van der Waals surface area contributed by atoms with E-state index in [9.17, 15) is 4.79 Å². The van der Waals surface area contributed by atoms with Gasteiger partial charge in [0.25, 0.3) is 0 Å². The highest BCUT2D eigenvalue weighted by atomic mass is 16.1. The Bertz CT molecular complexity index is 589. The molecule has 1 aromatic heterocycles. The number of aromatic nitrogens is 1. The third-order valence-electron chi connectivity index (χ3n) is 4.31. The molecular formula is C17H24N4O. The van der Waals surface area contributed by atoms with Gasteiger partial charge in [-0.15, -0.1) is 6.58 Å². The molecule has 1 aliphatic rings. The average Bonchev–Trinajstić information content (AvgIpc) is 2.78. The van der Waals surface area contributed by atoms with Crippen molar-refractivity contribution in [3.05, 3.63) is 35.7 Å². The molecule has 0 unspecified atom stereocenters. The van der Waals surface area contributed by atoms with E-state index in [-0.39, 0.29) is 5.78 Å². The predicted molar refractivity (Wildman–Crippen MR) is 86.9 cm³/mol. The van der Waals surface area contributed by atoms with Crippen molar-refractivity contribution in [3.8, 4) is 6.07 Å². The fraction of sp³-hybridized carbons (Fsp3) is 0.529. The number of nitrogens with zero attached hydrogens (tertiary/aromatic N) is 4. The third kappa shape index (κ3) is 3.65. The van der Waals surface area contributed by atoms with Crippen LogP contribution in [0.15, 0.2) is 18.7 Å². The number of hydrogen-bond donors (Lipinski definition) is 0. The molecule has 2 rings (SSSR count). The first-order valence-electron chi connectivity index (χ1n) is 7.69. The van der Waals surface area contributed by atoms with Crippen molar-refractivity contribution in [1.82, 2.24) is 14.4 Å². The molecule has 0 radical (unpaired) electrons. The molecule has 0 N–H and O–H groups in total. The fourth-order valence-corrected chi connectivity index (χ4v) is 2.99. The van der Waals surface area contributed by atoms with Crippen LogP contribution in [0.3, 0.4) is 0 Å². The summed E-state index contributed by atoms with van der Waals surface area (Å²) in [6, 6.07) is 4.16. The van der Waals surface area contributed by atoms with Crippen LogP contribution in [-0.4, -0.2) is 59.4 Å². The Labute approximate surface area is 132 Å². The predicted octanol–water partition coefficient (Wildman–Crippen LogP) is 1.61. The van der Waals surface area contributed by atoms with E-state index >= 15 is 0 Å². The molecule has 1 aliphatic heterocycles. The van der Waals surface area contributed by atoms with Gasteiger partial charge < -0.3 is 4.57 Å². The standard InChI is InChI=1S/C17H24N4O/c1-4-6-21-14(2)12-16(15(21)3)17(22)13-20-10-8-19(7-5-18)9-11-20/h4,12H,1,6-11,13H2,2-3H3. The van der Waals surface area contributed by atoms with Gasteiger partial charge in [0.1, 0.15) is 0 Å². The Hall–Kier alpha value is -1.90. The van der Waals surface area contributed by atoms with Gasteiger partial charge in [0.05, 0.1) is 19.2 Å². The molecular weight excluding hydrogens is 276 g/mol. The molecule has 0 saturated carbocycles. The van der Waals surface area contributed by atoms with Crippen molar-refractivity contribution >= 4 is 5.78 Å². The first-order valence-corrected chi connectivity index (χ1v) is 7.69. The number of carbonyl (C=O) groups is 1. The van der Waals surface area contributed by atoms with Crippen molar-refractivity contribution in [2.24, 2.45) is 0 Å². The van der Waals surface area contributed by atoms with Crippen LogP contribution in [0, 0.1) is 25.2 Å². The van der Waals surface area contributed by atoms with Gasteiger partial charge in [0, 0.05) is 49.7 Å². The van der Waals surface area contributed by atoms with Gasteiger partial charge in [0.15, 0.2) is 5.78 Å². The fourth-order valence-electron chi connectivity index (χ4n) is 2.99. The molecule has 1 saturated heterocycles. The molecule has 0 spiro atoms. The van der Waals surface area contributed by atoms with Crippen LogP contribution in [-0.2, 0) is 6.54 Å². The summed E-state index contributed by atoms with van der Waals surface area (Å²) in [6.07, 6.45) is 1.85. The summed E-state index contributed by atoms with van der Waals surface area (Å²) < 4.78 is 2.12. The second-order valence-corrected chi connectivity index (χ2v) is 5.82. The molecule has 0 amide bonds. The highest BCUT2D eigenvalue weighted by molar-refractivity contribution is 5.99. The van der Waals surface area contributed by atoms with Crippen molar-refractivity contribution in [3.63, 3.8) is 0 Å². The van der Waals surface area contributed by atoms with Crippen LogP contribution in [0.4, 0.5) is 0 Å². The maximum Gasteiger partial charge on any atom is 0.178 e. The van der Waals surface area contributed by atoms with Gasteiger partial charge in [-0.2, -0.15) is 5.26 Å². The van der Waals surface area contributed by atoms with E-state index in [0.717, 1.165) is 49.7 Å². The maximum atomic E-state index is 12.6. The van der Waals surface area contributed by atoms with E-state index in [1.807, 2.05) is 26.0 Å². The molecule has 118 valence electrons. The first-order chi connectivity index (χ1) is 10.6. The summed E-state index contributed by atoms with van der Waals surface area (Å²) in [5.74, 6) is 0.178. The molecule has 2 heterocycles. The minimum absolute atomic E-state index is 0.178. The number of allylic oxidation sites excluding steroid dienone is 1. The SMILES string of the molecule is C=CCn1c(C)cc(C(=O)CN2CCN(CC#N)CC2)c1C. The lowest BCUT2D eigenvalue weighted by molar-refractivity contribution is 0.0865. The van der Waals surface area contributed by atoms with Crippen LogP contribution in [0.2, 0.25) is 0 Å². The number of piperazine rings is 1. The van der Waals surface area contributed by atoms with Gasteiger partial charge in [-0.1, -0.05) is 6.08 Å². The summed E-state index contributed by atoms with van der Waals surface area (Å²) in [5, 5.41) is 8.71. The van der Waals surface area contributed by atoms with Crippen molar-refractivity contribution in [1.29, 1.82) is 5.26 Å². The molecule has 1 aromatic rings. The Balaban J connectivity index is 1.97. The van der Waals surface area contributed by atoms with E-state index < -0.39 is 0 Å². The Morgan fingerprint density at radius 3 is 2.55 bits per heavy atom. The molecule has 1 fully saturated rings. The van der Waals surface area contributed by atoms with E-state index in [1.54, 1.807) is 0 Å². The largest absolute Gasteiger partial charge is 0.345 e. The van der Waals surface area contributed by atoms with Crippen molar-refractivity contribution in [2.75, 3.05) is 39.3 Å². The van der Waals surface area contributed by atoms with Gasteiger partial charge in [-0.05, 0) is 19.9 Å². The third-order valence-corrected chi connectivity index (χ3v) is 4.31. The van der Waals surface area contributed by atoms with Crippen molar-refractivity contribution < 1.29 is 4.79 Å². The lowest BCUT2D eigenvalue weighted by Crippen LogP contribution is -2.47. The molecule has 0 aliphatic carbocycles. The minimum Gasteiger partial charge on any atom is -0.345 e. The Kier molecular flexibility index (Phi) is 5.53. The number of aryl methyl sites for hydroxylation is 1. The van der Waals surface area contributed by atoms with Crippen LogP contribution in [0.5, 0.6) is 0 Å². The number of Topliss-reactive ketones (excluding diaryl/α,β-unsaturated/α-hetero) is 1. The van der Waals surface area contributed by atoms with Crippen LogP contribution >= 0.6 is 0 Å². The number of hydrogen-bond acceptors (Lipinski definition) is 4. The van der Waals surface area contributed by atoms with Crippen LogP contribution in [0.25, 0.3) is 0 Å². The van der Waals surface area contributed by atoms with E-state index in [1.165, 1.54) is 0 Å². The quantitative estimate of drug-likeness (QED) is 0.455. The molecule has 5 nitrogen and oxygen atoms in total. The second kappa shape index (κ2) is 7.39. The summed E-state index contributed by atoms with van der Waals surface area (Å²) in [5.41, 5.74) is 2.93. The summed E-state index contributed by atoms with van der Waals surface area (Å²) in [4.78, 5) is 16.9. The number of rotatable bonds is 6. The zero-order chi connectivity index (χ0) is 16.1. The van der Waals surface area contributed by atoms with Gasteiger partial charge in [-0.25, -0.2) is 0 Å². The van der Waals surface area contributed by atoms with Crippen molar-refractivity contribution in [2.45, 2.75) is 20.4 Å². The topological polar surface area (TPSA) is 52.3 Å². The smallest absolute Gasteiger partial charge is 0.178 e. The Morgan fingerprint density at radius 1 is 1.32 bits per heavy atom.